The predicted octanol–water partition coefficient (Wildman–Crippen LogP) is 2.03. The van der Waals surface area contributed by atoms with Gasteiger partial charge in [-0.25, -0.2) is 0 Å². The number of benzene rings is 1. The number of anilines is 2. The van der Waals surface area contributed by atoms with E-state index in [0.29, 0.717) is 5.69 Å². The normalized spacial score (nSPS) is 13.5. The molecule has 2 N–H and O–H groups in total. The fraction of sp³-hybridized carbons (Fsp3) is 0.286. The molecule has 5 heteroatoms. The lowest BCUT2D eigenvalue weighted by molar-refractivity contribution is 0.102. The Bertz CT molecular complexity index is 618. The zero-order valence-corrected chi connectivity index (χ0v) is 10.8. The van der Waals surface area contributed by atoms with Gasteiger partial charge in [0.15, 0.2) is 5.69 Å². The molecular weight excluding hydrogens is 240 g/mol. The molecule has 0 saturated heterocycles. The molecule has 0 fully saturated rings. The molecule has 2 heterocycles. The minimum Gasteiger partial charge on any atom is -0.385 e. The maximum absolute atomic E-state index is 12.0. The zero-order chi connectivity index (χ0) is 13.2. The summed E-state index contributed by atoms with van der Waals surface area (Å²) in [7, 11) is 1.79. The number of nitrogens with one attached hydrogen (secondary N) is 2. The summed E-state index contributed by atoms with van der Waals surface area (Å²) in [6, 6.07) is 7.68. The Morgan fingerprint density at radius 3 is 3.11 bits per heavy atom. The first-order valence-electron chi connectivity index (χ1n) is 6.40. The van der Waals surface area contributed by atoms with E-state index in [-0.39, 0.29) is 5.91 Å². The third-order valence-corrected chi connectivity index (χ3v) is 3.25. The number of carbonyl (C=O) groups excluding carboxylic acids is 1. The standard InChI is InChI=1S/C14H16N4O/c1-18-8-6-12(17-18)14(19)16-11-5-4-10-3-2-7-15-13(10)9-11/h4-6,8-9,15H,2-3,7H2,1H3,(H,16,19). The molecule has 0 spiro atoms. The summed E-state index contributed by atoms with van der Waals surface area (Å²) in [6.07, 6.45) is 4.01. The van der Waals surface area contributed by atoms with Crippen LogP contribution in [0.2, 0.25) is 0 Å². The zero-order valence-electron chi connectivity index (χ0n) is 10.8. The number of nitrogens with zero attached hydrogens (tertiary/aromatic N) is 2. The van der Waals surface area contributed by atoms with E-state index < -0.39 is 0 Å². The summed E-state index contributed by atoms with van der Waals surface area (Å²) in [5.74, 6) is -0.184. The predicted molar refractivity (Wildman–Crippen MR) is 74.4 cm³/mol. The number of amides is 1. The van der Waals surface area contributed by atoms with Crippen LogP contribution in [-0.4, -0.2) is 22.2 Å². The van der Waals surface area contributed by atoms with Gasteiger partial charge in [-0.1, -0.05) is 6.07 Å². The molecule has 0 saturated carbocycles. The monoisotopic (exact) mass is 256 g/mol. The Morgan fingerprint density at radius 2 is 2.32 bits per heavy atom. The van der Waals surface area contributed by atoms with Crippen molar-refractivity contribution in [3.63, 3.8) is 0 Å². The van der Waals surface area contributed by atoms with Crippen LogP contribution in [0, 0.1) is 0 Å². The smallest absolute Gasteiger partial charge is 0.276 e. The molecule has 0 aliphatic carbocycles. The Hall–Kier alpha value is -2.30. The summed E-state index contributed by atoms with van der Waals surface area (Å²) < 4.78 is 1.61. The first-order chi connectivity index (χ1) is 9.22. The Kier molecular flexibility index (Phi) is 2.95. The lowest BCUT2D eigenvalue weighted by Gasteiger charge is -2.18. The van der Waals surface area contributed by atoms with Gasteiger partial charge >= 0.3 is 0 Å². The third-order valence-electron chi connectivity index (χ3n) is 3.25. The third kappa shape index (κ3) is 2.45. The highest BCUT2D eigenvalue weighted by molar-refractivity contribution is 6.03. The minimum absolute atomic E-state index is 0.184. The molecule has 0 radical (unpaired) electrons. The highest BCUT2D eigenvalue weighted by atomic mass is 16.1. The quantitative estimate of drug-likeness (QED) is 0.864. The SMILES string of the molecule is Cn1ccc(C(=O)Nc2ccc3c(c2)NCCC3)n1. The second-order valence-electron chi connectivity index (χ2n) is 4.73. The van der Waals surface area contributed by atoms with Crippen molar-refractivity contribution in [2.75, 3.05) is 17.2 Å². The first kappa shape index (κ1) is 11.8. The Labute approximate surface area is 111 Å². The molecule has 0 bridgehead atoms. The summed E-state index contributed by atoms with van der Waals surface area (Å²) in [4.78, 5) is 12.0. The number of rotatable bonds is 2. The van der Waals surface area contributed by atoms with Crippen LogP contribution < -0.4 is 10.6 Å². The van der Waals surface area contributed by atoms with Crippen molar-refractivity contribution in [3.05, 3.63) is 41.7 Å². The number of aryl methyl sites for hydroxylation is 2. The van der Waals surface area contributed by atoms with Crippen molar-refractivity contribution in [2.24, 2.45) is 7.05 Å². The van der Waals surface area contributed by atoms with E-state index in [4.69, 9.17) is 0 Å². The number of aromatic nitrogens is 2. The lowest BCUT2D eigenvalue weighted by Crippen LogP contribution is -2.15. The van der Waals surface area contributed by atoms with Gasteiger partial charge < -0.3 is 10.6 Å². The van der Waals surface area contributed by atoms with E-state index >= 15 is 0 Å². The van der Waals surface area contributed by atoms with E-state index in [2.05, 4.69) is 21.8 Å². The van der Waals surface area contributed by atoms with E-state index in [1.54, 1.807) is 24.0 Å². The summed E-state index contributed by atoms with van der Waals surface area (Å²) in [5.41, 5.74) is 3.64. The lowest BCUT2D eigenvalue weighted by atomic mass is 10.0. The Balaban J connectivity index is 1.78. The van der Waals surface area contributed by atoms with Crippen LogP contribution in [0.1, 0.15) is 22.5 Å². The summed E-state index contributed by atoms with van der Waals surface area (Å²) in [6.45, 7) is 0.991. The number of hydrogen-bond acceptors (Lipinski definition) is 3. The van der Waals surface area contributed by atoms with Crippen molar-refractivity contribution in [1.29, 1.82) is 0 Å². The van der Waals surface area contributed by atoms with Crippen LogP contribution in [0.4, 0.5) is 11.4 Å². The largest absolute Gasteiger partial charge is 0.385 e. The van der Waals surface area contributed by atoms with Gasteiger partial charge in [0.2, 0.25) is 0 Å². The van der Waals surface area contributed by atoms with Crippen molar-refractivity contribution in [1.82, 2.24) is 9.78 Å². The molecule has 0 atom stereocenters. The van der Waals surface area contributed by atoms with Gasteiger partial charge in [0.1, 0.15) is 0 Å². The molecule has 1 aromatic heterocycles. The molecule has 0 unspecified atom stereocenters. The molecule has 2 aromatic rings. The molecule has 1 aromatic carbocycles. The molecule has 1 amide bonds. The fourth-order valence-corrected chi connectivity index (χ4v) is 2.27. The first-order valence-corrected chi connectivity index (χ1v) is 6.40. The maximum Gasteiger partial charge on any atom is 0.276 e. The van der Waals surface area contributed by atoms with E-state index in [1.165, 1.54) is 5.56 Å². The van der Waals surface area contributed by atoms with Crippen LogP contribution in [0.25, 0.3) is 0 Å². The van der Waals surface area contributed by atoms with Gasteiger partial charge in [0, 0.05) is 31.2 Å². The van der Waals surface area contributed by atoms with E-state index in [9.17, 15) is 4.79 Å². The van der Waals surface area contributed by atoms with Gasteiger partial charge in [-0.05, 0) is 36.6 Å². The van der Waals surface area contributed by atoms with Gasteiger partial charge in [-0.3, -0.25) is 9.48 Å². The molecular formula is C14H16N4O. The molecule has 1 aliphatic heterocycles. The molecule has 19 heavy (non-hydrogen) atoms. The Morgan fingerprint density at radius 1 is 1.42 bits per heavy atom. The van der Waals surface area contributed by atoms with Crippen LogP contribution in [0.3, 0.4) is 0 Å². The second-order valence-corrected chi connectivity index (χ2v) is 4.73. The minimum atomic E-state index is -0.184. The van der Waals surface area contributed by atoms with Gasteiger partial charge in [-0.2, -0.15) is 5.10 Å². The number of hydrogen-bond donors (Lipinski definition) is 2. The molecule has 3 rings (SSSR count). The highest BCUT2D eigenvalue weighted by Crippen LogP contribution is 2.25. The summed E-state index contributed by atoms with van der Waals surface area (Å²) >= 11 is 0. The van der Waals surface area contributed by atoms with Crippen molar-refractivity contribution >= 4 is 17.3 Å². The van der Waals surface area contributed by atoms with Crippen molar-refractivity contribution in [2.45, 2.75) is 12.8 Å². The van der Waals surface area contributed by atoms with Crippen molar-refractivity contribution < 1.29 is 4.79 Å². The van der Waals surface area contributed by atoms with E-state index in [1.807, 2.05) is 12.1 Å². The van der Waals surface area contributed by atoms with Crippen LogP contribution >= 0.6 is 0 Å². The second kappa shape index (κ2) is 4.76. The van der Waals surface area contributed by atoms with Gasteiger partial charge in [0.05, 0.1) is 0 Å². The van der Waals surface area contributed by atoms with Crippen LogP contribution in [0.15, 0.2) is 30.5 Å². The number of fused-ring (bicyclic) bond motifs is 1. The van der Waals surface area contributed by atoms with Gasteiger partial charge in [0.25, 0.3) is 5.91 Å². The van der Waals surface area contributed by atoms with E-state index in [0.717, 1.165) is 30.8 Å². The average Bonchev–Trinajstić information content (AvgIpc) is 2.85. The van der Waals surface area contributed by atoms with Crippen molar-refractivity contribution in [3.8, 4) is 0 Å². The molecule has 98 valence electrons. The number of carbonyl (C=O) groups is 1. The highest BCUT2D eigenvalue weighted by Gasteiger charge is 2.12. The molecule has 1 aliphatic rings. The average molecular weight is 256 g/mol. The maximum atomic E-state index is 12.0. The van der Waals surface area contributed by atoms with Gasteiger partial charge in [-0.15, -0.1) is 0 Å². The fourth-order valence-electron chi connectivity index (χ4n) is 2.27. The van der Waals surface area contributed by atoms with Crippen LogP contribution in [0.5, 0.6) is 0 Å². The topological polar surface area (TPSA) is 59.0 Å². The van der Waals surface area contributed by atoms with Crippen LogP contribution in [-0.2, 0) is 13.5 Å². The molecule has 5 nitrogen and oxygen atoms in total. The summed E-state index contributed by atoms with van der Waals surface area (Å²) in [5, 5.41) is 10.3.